The van der Waals surface area contributed by atoms with Crippen LogP contribution in [-0.2, 0) is 6.54 Å². The highest BCUT2D eigenvalue weighted by Crippen LogP contribution is 2.55. The summed E-state index contributed by atoms with van der Waals surface area (Å²) in [6.07, 6.45) is 4.64. The van der Waals surface area contributed by atoms with Crippen LogP contribution in [0.1, 0.15) is 44.9 Å². The summed E-state index contributed by atoms with van der Waals surface area (Å²) in [6, 6.07) is 0. The average Bonchev–Trinajstić information content (AvgIpc) is 2.85. The molecule has 15 heavy (non-hydrogen) atoms. The van der Waals surface area contributed by atoms with Crippen molar-refractivity contribution in [1.29, 1.82) is 0 Å². The fourth-order valence-corrected chi connectivity index (χ4v) is 2.35. The zero-order valence-corrected chi connectivity index (χ0v) is 10.8. The highest BCUT2D eigenvalue weighted by atomic mass is 79.9. The van der Waals surface area contributed by atoms with Gasteiger partial charge in [0, 0.05) is 6.54 Å². The van der Waals surface area contributed by atoms with Gasteiger partial charge in [0.25, 0.3) is 0 Å². The molecule has 1 fully saturated rings. The molecule has 1 unspecified atom stereocenters. The third-order valence-corrected chi connectivity index (χ3v) is 3.84. The van der Waals surface area contributed by atoms with E-state index in [9.17, 15) is 5.11 Å². The molecule has 1 atom stereocenters. The maximum atomic E-state index is 10.3. The van der Waals surface area contributed by atoms with Crippen molar-refractivity contribution in [2.75, 3.05) is 0 Å². The monoisotopic (exact) mass is 272 g/mol. The summed E-state index contributed by atoms with van der Waals surface area (Å²) in [5, 5.41) is 14.6. The van der Waals surface area contributed by atoms with Crippen molar-refractivity contribution >= 4 is 15.9 Å². The first-order valence-corrected chi connectivity index (χ1v) is 6.27. The quantitative estimate of drug-likeness (QED) is 0.916. The largest absolute Gasteiger partial charge is 0.386 e. The first-order valence-electron chi connectivity index (χ1n) is 5.48. The van der Waals surface area contributed by atoms with E-state index in [1.54, 1.807) is 6.20 Å². The van der Waals surface area contributed by atoms with Crippen LogP contribution in [0, 0.1) is 5.41 Å². The van der Waals surface area contributed by atoms with Gasteiger partial charge < -0.3 is 5.11 Å². The van der Waals surface area contributed by atoms with Gasteiger partial charge in [-0.05, 0) is 40.6 Å². The van der Waals surface area contributed by atoms with E-state index in [4.69, 9.17) is 0 Å². The number of aliphatic hydroxyl groups is 1. The summed E-state index contributed by atoms with van der Waals surface area (Å²) in [5.74, 6) is 0. The van der Waals surface area contributed by atoms with Crippen LogP contribution in [0.4, 0.5) is 0 Å². The van der Waals surface area contributed by atoms with E-state index in [1.165, 1.54) is 0 Å². The van der Waals surface area contributed by atoms with Crippen molar-refractivity contribution < 1.29 is 5.11 Å². The molecule has 0 aromatic carbocycles. The second-order valence-electron chi connectivity index (χ2n) is 4.66. The minimum absolute atomic E-state index is 0.0774. The highest BCUT2D eigenvalue weighted by Gasteiger charge is 2.46. The lowest BCUT2D eigenvalue weighted by Crippen LogP contribution is -2.16. The minimum Gasteiger partial charge on any atom is -0.386 e. The Morgan fingerprint density at radius 2 is 2.33 bits per heavy atom. The Hall–Kier alpha value is -0.350. The predicted molar refractivity (Wildman–Crippen MR) is 62.5 cm³/mol. The smallest absolute Gasteiger partial charge is 0.102 e. The number of rotatable bonds is 4. The highest BCUT2D eigenvalue weighted by molar-refractivity contribution is 9.10. The van der Waals surface area contributed by atoms with Gasteiger partial charge in [0.1, 0.15) is 6.10 Å². The zero-order valence-electron chi connectivity index (χ0n) is 9.20. The van der Waals surface area contributed by atoms with E-state index in [1.807, 2.05) is 4.68 Å². The van der Waals surface area contributed by atoms with Gasteiger partial charge in [-0.25, -0.2) is 0 Å². The van der Waals surface area contributed by atoms with Crippen molar-refractivity contribution in [3.8, 4) is 0 Å². The molecule has 0 saturated heterocycles. The van der Waals surface area contributed by atoms with Gasteiger partial charge >= 0.3 is 0 Å². The van der Waals surface area contributed by atoms with Gasteiger partial charge in [-0.2, -0.15) is 5.10 Å². The third-order valence-electron chi connectivity index (χ3n) is 3.23. The molecule has 1 aromatic heterocycles. The zero-order chi connectivity index (χ0) is 11.1. The summed E-state index contributed by atoms with van der Waals surface area (Å²) in [4.78, 5) is 0. The molecule has 3 nitrogen and oxygen atoms in total. The molecule has 1 saturated carbocycles. The number of hydrogen-bond acceptors (Lipinski definition) is 2. The summed E-state index contributed by atoms with van der Waals surface area (Å²) in [5.41, 5.74) is 1.02. The van der Waals surface area contributed by atoms with Crippen LogP contribution in [-0.4, -0.2) is 14.9 Å². The second-order valence-corrected chi connectivity index (χ2v) is 5.51. The predicted octanol–water partition coefficient (Wildman–Crippen LogP) is 2.89. The summed E-state index contributed by atoms with van der Waals surface area (Å²) in [6.45, 7) is 5.12. The molecule has 0 amide bonds. The Kier molecular flexibility index (Phi) is 2.90. The van der Waals surface area contributed by atoms with Crippen LogP contribution in [0.15, 0.2) is 10.7 Å². The van der Waals surface area contributed by atoms with E-state index in [0.717, 1.165) is 36.0 Å². The lowest BCUT2D eigenvalue weighted by molar-refractivity contribution is 0.0933. The van der Waals surface area contributed by atoms with E-state index < -0.39 is 0 Å². The lowest BCUT2D eigenvalue weighted by Gasteiger charge is -2.19. The number of aromatic nitrogens is 2. The lowest BCUT2D eigenvalue weighted by atomic mass is 9.99. The molecule has 1 N–H and O–H groups in total. The summed E-state index contributed by atoms with van der Waals surface area (Å²) < 4.78 is 2.84. The molecular formula is C11H17BrN2O. The maximum absolute atomic E-state index is 10.3. The standard InChI is InChI=1S/C11H17BrN2O/c1-3-6-14-9(8(12)7-13-14)10(15)11(2)4-5-11/h7,10,15H,3-6H2,1-2H3. The molecule has 84 valence electrons. The maximum Gasteiger partial charge on any atom is 0.102 e. The molecule has 1 aliphatic rings. The average molecular weight is 273 g/mol. The Balaban J connectivity index is 2.28. The van der Waals surface area contributed by atoms with Gasteiger partial charge in [-0.3, -0.25) is 4.68 Å². The van der Waals surface area contributed by atoms with Gasteiger partial charge in [0.2, 0.25) is 0 Å². The normalized spacial score (nSPS) is 20.3. The fourth-order valence-electron chi connectivity index (χ4n) is 1.83. The first-order chi connectivity index (χ1) is 7.08. The Bertz CT molecular complexity index is 357. The molecule has 2 rings (SSSR count). The van der Waals surface area contributed by atoms with Crippen LogP contribution in [0.2, 0.25) is 0 Å². The van der Waals surface area contributed by atoms with Crippen LogP contribution in [0.3, 0.4) is 0 Å². The SMILES string of the molecule is CCCn1ncc(Br)c1C(O)C1(C)CC1. The molecule has 1 aliphatic carbocycles. The molecular weight excluding hydrogens is 256 g/mol. The van der Waals surface area contributed by atoms with Crippen LogP contribution in [0.25, 0.3) is 0 Å². The second kappa shape index (κ2) is 3.91. The summed E-state index contributed by atoms with van der Waals surface area (Å²) >= 11 is 3.46. The van der Waals surface area contributed by atoms with Crippen molar-refractivity contribution in [2.24, 2.45) is 5.41 Å². The molecule has 0 radical (unpaired) electrons. The number of aliphatic hydroxyl groups excluding tert-OH is 1. The first kappa shape index (κ1) is 11.1. The van der Waals surface area contributed by atoms with Crippen LogP contribution < -0.4 is 0 Å². The summed E-state index contributed by atoms with van der Waals surface area (Å²) in [7, 11) is 0. The van der Waals surface area contributed by atoms with Gasteiger partial charge in [-0.1, -0.05) is 13.8 Å². The number of nitrogens with zero attached hydrogens (tertiary/aromatic N) is 2. The molecule has 0 bridgehead atoms. The Morgan fingerprint density at radius 3 is 2.87 bits per heavy atom. The van der Waals surface area contributed by atoms with Gasteiger partial charge in [0.15, 0.2) is 0 Å². The van der Waals surface area contributed by atoms with Crippen molar-refractivity contribution in [3.63, 3.8) is 0 Å². The van der Waals surface area contributed by atoms with Crippen molar-refractivity contribution in [3.05, 3.63) is 16.4 Å². The fraction of sp³-hybridized carbons (Fsp3) is 0.727. The topological polar surface area (TPSA) is 38.0 Å². The third kappa shape index (κ3) is 1.97. The van der Waals surface area contributed by atoms with E-state index in [-0.39, 0.29) is 11.5 Å². The molecule has 0 aliphatic heterocycles. The van der Waals surface area contributed by atoms with Crippen molar-refractivity contribution in [2.45, 2.75) is 45.8 Å². The van der Waals surface area contributed by atoms with Crippen LogP contribution >= 0.6 is 15.9 Å². The molecule has 1 aromatic rings. The van der Waals surface area contributed by atoms with E-state index in [2.05, 4.69) is 34.9 Å². The Labute approximate surface area is 98.6 Å². The van der Waals surface area contributed by atoms with E-state index >= 15 is 0 Å². The number of halogens is 1. The van der Waals surface area contributed by atoms with Crippen LogP contribution in [0.5, 0.6) is 0 Å². The Morgan fingerprint density at radius 1 is 1.67 bits per heavy atom. The molecule has 0 spiro atoms. The molecule has 1 heterocycles. The number of hydrogen-bond donors (Lipinski definition) is 1. The van der Waals surface area contributed by atoms with E-state index in [0.29, 0.717) is 0 Å². The number of aryl methyl sites for hydroxylation is 1. The van der Waals surface area contributed by atoms with Gasteiger partial charge in [-0.15, -0.1) is 0 Å². The van der Waals surface area contributed by atoms with Gasteiger partial charge in [0.05, 0.1) is 16.4 Å². The van der Waals surface area contributed by atoms with Crippen molar-refractivity contribution in [1.82, 2.24) is 9.78 Å². The minimum atomic E-state index is -0.388. The molecule has 4 heteroatoms.